The van der Waals surface area contributed by atoms with Gasteiger partial charge in [0, 0.05) is 9.77 Å². The molecule has 2 rings (SSSR count). The first-order valence-corrected chi connectivity index (χ1v) is 6.02. The zero-order valence-corrected chi connectivity index (χ0v) is 11.2. The average molecular weight is 330 g/mol. The third-order valence-corrected chi connectivity index (χ3v) is 2.86. The number of fused-ring (bicyclic) bond motifs is 1. The van der Waals surface area contributed by atoms with E-state index in [-0.39, 0.29) is 5.97 Å². The van der Waals surface area contributed by atoms with Gasteiger partial charge in [-0.15, -0.1) is 0 Å². The van der Waals surface area contributed by atoms with Gasteiger partial charge in [0.25, 0.3) is 0 Å². The molecular formula is C11H11IN2O2. The summed E-state index contributed by atoms with van der Waals surface area (Å²) in [5, 5.41) is 0. The van der Waals surface area contributed by atoms with Crippen LogP contribution in [0, 0.1) is 10.5 Å². The Morgan fingerprint density at radius 1 is 1.56 bits per heavy atom. The van der Waals surface area contributed by atoms with Crippen LogP contribution in [0.25, 0.3) is 5.65 Å². The molecule has 84 valence electrons. The second-order valence-corrected chi connectivity index (χ2v) is 4.59. The lowest BCUT2D eigenvalue weighted by Crippen LogP contribution is -2.09. The van der Waals surface area contributed by atoms with Gasteiger partial charge >= 0.3 is 5.97 Å². The minimum Gasteiger partial charge on any atom is -0.461 e. The number of halogens is 1. The van der Waals surface area contributed by atoms with Gasteiger partial charge in [-0.25, -0.2) is 9.78 Å². The van der Waals surface area contributed by atoms with Crippen LogP contribution in [0.4, 0.5) is 0 Å². The smallest absolute Gasteiger partial charge is 0.357 e. The average Bonchev–Trinajstić information content (AvgIpc) is 2.53. The summed E-state index contributed by atoms with van der Waals surface area (Å²) in [7, 11) is 0. The molecule has 0 saturated heterocycles. The number of pyridine rings is 1. The summed E-state index contributed by atoms with van der Waals surface area (Å²) in [6.07, 6.45) is 1.88. The van der Waals surface area contributed by atoms with E-state index >= 15 is 0 Å². The summed E-state index contributed by atoms with van der Waals surface area (Å²) in [6.45, 7) is 3.97. The molecular weight excluding hydrogens is 319 g/mol. The van der Waals surface area contributed by atoms with Crippen molar-refractivity contribution in [2.24, 2.45) is 0 Å². The van der Waals surface area contributed by atoms with Gasteiger partial charge < -0.3 is 4.74 Å². The van der Waals surface area contributed by atoms with Gasteiger partial charge in [0.15, 0.2) is 5.69 Å². The zero-order valence-electron chi connectivity index (χ0n) is 9.03. The molecule has 0 spiro atoms. The highest BCUT2D eigenvalue weighted by atomic mass is 127. The Morgan fingerprint density at radius 2 is 2.31 bits per heavy atom. The normalized spacial score (nSPS) is 10.7. The molecule has 2 aromatic heterocycles. The number of aromatic nitrogens is 2. The third-order valence-electron chi connectivity index (χ3n) is 2.23. The first-order valence-electron chi connectivity index (χ1n) is 4.94. The van der Waals surface area contributed by atoms with E-state index in [1.165, 1.54) is 0 Å². The molecule has 0 aliphatic rings. The number of imidazole rings is 1. The van der Waals surface area contributed by atoms with Crippen molar-refractivity contribution in [3.05, 3.63) is 33.3 Å². The molecule has 0 aliphatic heterocycles. The minimum absolute atomic E-state index is 0.325. The van der Waals surface area contributed by atoms with Crippen LogP contribution < -0.4 is 0 Å². The van der Waals surface area contributed by atoms with Gasteiger partial charge in [-0.2, -0.15) is 0 Å². The summed E-state index contributed by atoms with van der Waals surface area (Å²) >= 11 is 2.20. The maximum atomic E-state index is 11.8. The van der Waals surface area contributed by atoms with E-state index in [2.05, 4.69) is 27.6 Å². The molecule has 0 aliphatic carbocycles. The quantitative estimate of drug-likeness (QED) is 0.627. The van der Waals surface area contributed by atoms with E-state index < -0.39 is 0 Å². The number of ether oxygens (including phenoxy) is 1. The topological polar surface area (TPSA) is 43.6 Å². The number of hydrogen-bond acceptors (Lipinski definition) is 3. The van der Waals surface area contributed by atoms with Crippen LogP contribution in [0.3, 0.4) is 0 Å². The molecule has 0 radical (unpaired) electrons. The van der Waals surface area contributed by atoms with E-state index in [1.807, 2.05) is 25.3 Å². The van der Waals surface area contributed by atoms with Crippen LogP contribution in [0.5, 0.6) is 0 Å². The minimum atomic E-state index is -0.325. The molecule has 4 nitrogen and oxygen atoms in total. The summed E-state index contributed by atoms with van der Waals surface area (Å²) in [6, 6.07) is 3.84. The second-order valence-electron chi connectivity index (χ2n) is 3.34. The highest BCUT2D eigenvalue weighted by Crippen LogP contribution is 2.15. The zero-order chi connectivity index (χ0) is 11.7. The van der Waals surface area contributed by atoms with Crippen LogP contribution in [-0.4, -0.2) is 22.0 Å². The number of esters is 1. The second kappa shape index (κ2) is 4.40. The van der Waals surface area contributed by atoms with Crippen molar-refractivity contribution in [1.82, 2.24) is 9.38 Å². The van der Waals surface area contributed by atoms with Gasteiger partial charge in [-0.05, 0) is 48.6 Å². The van der Waals surface area contributed by atoms with Crippen molar-refractivity contribution in [2.45, 2.75) is 13.8 Å². The molecule has 0 fully saturated rings. The van der Waals surface area contributed by atoms with Crippen LogP contribution in [0.15, 0.2) is 18.3 Å². The lowest BCUT2D eigenvalue weighted by Gasteiger charge is -2.02. The van der Waals surface area contributed by atoms with E-state index in [1.54, 1.807) is 11.3 Å². The number of carbonyl (C=O) groups is 1. The predicted molar refractivity (Wildman–Crippen MR) is 68.6 cm³/mol. The molecule has 0 aromatic carbocycles. The van der Waals surface area contributed by atoms with Crippen molar-refractivity contribution in [3.63, 3.8) is 0 Å². The molecule has 16 heavy (non-hydrogen) atoms. The van der Waals surface area contributed by atoms with E-state index in [0.29, 0.717) is 18.0 Å². The van der Waals surface area contributed by atoms with Crippen molar-refractivity contribution in [1.29, 1.82) is 0 Å². The number of aryl methyl sites for hydroxylation is 1. The number of hydrogen-bond donors (Lipinski definition) is 0. The van der Waals surface area contributed by atoms with Crippen LogP contribution >= 0.6 is 22.6 Å². The fraction of sp³-hybridized carbons (Fsp3) is 0.273. The van der Waals surface area contributed by atoms with Crippen molar-refractivity contribution >= 4 is 34.2 Å². The monoisotopic (exact) mass is 330 g/mol. The first-order chi connectivity index (χ1) is 7.63. The van der Waals surface area contributed by atoms with Crippen LogP contribution in [0.2, 0.25) is 0 Å². The maximum Gasteiger partial charge on any atom is 0.357 e. The lowest BCUT2D eigenvalue weighted by atomic mass is 10.3. The molecule has 0 amide bonds. The molecule has 2 aromatic rings. The first kappa shape index (κ1) is 11.4. The van der Waals surface area contributed by atoms with Crippen LogP contribution in [-0.2, 0) is 4.74 Å². The van der Waals surface area contributed by atoms with Gasteiger partial charge in [-0.1, -0.05) is 0 Å². The Bertz CT molecular complexity index is 548. The summed E-state index contributed by atoms with van der Waals surface area (Å²) in [5.41, 5.74) is 1.97. The highest BCUT2D eigenvalue weighted by Gasteiger charge is 2.17. The molecule has 0 atom stereocenters. The molecule has 0 saturated carbocycles. The summed E-state index contributed by atoms with van der Waals surface area (Å²) < 4.78 is 7.83. The Labute approximate surface area is 107 Å². The summed E-state index contributed by atoms with van der Waals surface area (Å²) in [4.78, 5) is 16.1. The predicted octanol–water partition coefficient (Wildman–Crippen LogP) is 2.42. The summed E-state index contributed by atoms with van der Waals surface area (Å²) in [5.74, 6) is -0.325. The van der Waals surface area contributed by atoms with E-state index in [9.17, 15) is 4.79 Å². The third kappa shape index (κ3) is 1.91. The van der Waals surface area contributed by atoms with Gasteiger partial charge in [0.05, 0.1) is 12.3 Å². The number of rotatable bonds is 2. The maximum absolute atomic E-state index is 11.8. The molecule has 0 bridgehead atoms. The fourth-order valence-corrected chi connectivity index (χ4v) is 2.04. The van der Waals surface area contributed by atoms with E-state index in [4.69, 9.17) is 4.74 Å². The Morgan fingerprint density at radius 3 is 3.00 bits per heavy atom. The van der Waals surface area contributed by atoms with E-state index in [0.717, 1.165) is 9.22 Å². The Hall–Kier alpha value is -1.11. The van der Waals surface area contributed by atoms with Gasteiger partial charge in [0.1, 0.15) is 5.65 Å². The Balaban J connectivity index is 2.62. The van der Waals surface area contributed by atoms with Gasteiger partial charge in [0.2, 0.25) is 0 Å². The lowest BCUT2D eigenvalue weighted by molar-refractivity contribution is 0.0517. The number of carbonyl (C=O) groups excluding carboxylic acids is 1. The number of nitrogens with zero attached hydrogens (tertiary/aromatic N) is 2. The van der Waals surface area contributed by atoms with Crippen molar-refractivity contribution < 1.29 is 9.53 Å². The fourth-order valence-electron chi connectivity index (χ4n) is 1.58. The SMILES string of the molecule is CCOC(=O)c1c(C)nc2ccc(I)cn12. The van der Waals surface area contributed by atoms with Crippen molar-refractivity contribution in [2.75, 3.05) is 6.61 Å². The molecule has 2 heterocycles. The standard InChI is InChI=1S/C11H11IN2O2/c1-3-16-11(15)10-7(2)13-9-5-4-8(12)6-14(9)10/h4-6H,3H2,1-2H3. The highest BCUT2D eigenvalue weighted by molar-refractivity contribution is 14.1. The Kier molecular flexibility index (Phi) is 3.13. The van der Waals surface area contributed by atoms with Crippen LogP contribution in [0.1, 0.15) is 23.1 Å². The molecule has 5 heteroatoms. The molecule has 0 unspecified atom stereocenters. The van der Waals surface area contributed by atoms with Crippen molar-refractivity contribution in [3.8, 4) is 0 Å². The largest absolute Gasteiger partial charge is 0.461 e. The van der Waals surface area contributed by atoms with Gasteiger partial charge in [-0.3, -0.25) is 4.40 Å². The molecule has 0 N–H and O–H groups in total.